The van der Waals surface area contributed by atoms with Gasteiger partial charge >= 0.3 is 5.69 Å². The Morgan fingerprint density at radius 3 is 2.69 bits per heavy atom. The van der Waals surface area contributed by atoms with Crippen LogP contribution in [-0.4, -0.2) is 17.0 Å². The van der Waals surface area contributed by atoms with Crippen LogP contribution in [0.25, 0.3) is 0 Å². The van der Waals surface area contributed by atoms with E-state index in [2.05, 4.69) is 9.72 Å². The highest BCUT2D eigenvalue weighted by molar-refractivity contribution is 5.41. The summed E-state index contributed by atoms with van der Waals surface area (Å²) < 4.78 is 29.6. The van der Waals surface area contributed by atoms with Gasteiger partial charge in [-0.05, 0) is 0 Å². The third-order valence-electron chi connectivity index (χ3n) is 1.29. The van der Waals surface area contributed by atoms with E-state index in [4.69, 9.17) is 0 Å². The van der Waals surface area contributed by atoms with E-state index in [-0.39, 0.29) is 0 Å². The van der Waals surface area contributed by atoms with E-state index < -0.39 is 28.1 Å². The van der Waals surface area contributed by atoms with Crippen molar-refractivity contribution in [2.75, 3.05) is 7.11 Å². The highest BCUT2D eigenvalue weighted by Crippen LogP contribution is 2.28. The predicted molar refractivity (Wildman–Crippen MR) is 37.4 cm³/mol. The van der Waals surface area contributed by atoms with Gasteiger partial charge in [0, 0.05) is 0 Å². The fourth-order valence-corrected chi connectivity index (χ4v) is 0.748. The van der Waals surface area contributed by atoms with Crippen molar-refractivity contribution in [3.8, 4) is 5.88 Å². The van der Waals surface area contributed by atoms with Gasteiger partial charge in [0.2, 0.25) is 5.82 Å². The Morgan fingerprint density at radius 1 is 1.62 bits per heavy atom. The van der Waals surface area contributed by atoms with Crippen molar-refractivity contribution in [3.05, 3.63) is 27.9 Å². The maximum atomic E-state index is 12.8. The summed E-state index contributed by atoms with van der Waals surface area (Å²) in [4.78, 5) is 12.3. The second kappa shape index (κ2) is 3.30. The molecule has 7 heteroatoms. The summed E-state index contributed by atoms with van der Waals surface area (Å²) in [6.07, 6.45) is 0.515. The maximum absolute atomic E-state index is 12.8. The van der Waals surface area contributed by atoms with E-state index in [0.717, 1.165) is 7.11 Å². The van der Waals surface area contributed by atoms with E-state index in [0.29, 0.717) is 6.20 Å². The van der Waals surface area contributed by atoms with Crippen molar-refractivity contribution in [1.82, 2.24) is 4.98 Å². The first kappa shape index (κ1) is 9.30. The topological polar surface area (TPSA) is 65.3 Å². The molecule has 1 heterocycles. The third kappa shape index (κ3) is 1.53. The lowest BCUT2D eigenvalue weighted by Gasteiger charge is -2.00. The van der Waals surface area contributed by atoms with Gasteiger partial charge in [-0.2, -0.15) is 4.39 Å². The number of nitrogens with zero attached hydrogens (tertiary/aromatic N) is 2. The Morgan fingerprint density at radius 2 is 2.23 bits per heavy atom. The molecule has 13 heavy (non-hydrogen) atoms. The molecule has 0 aliphatic rings. The fourth-order valence-electron chi connectivity index (χ4n) is 0.748. The van der Waals surface area contributed by atoms with Crippen molar-refractivity contribution < 1.29 is 18.4 Å². The molecular formula is C6H4F2N2O3. The van der Waals surface area contributed by atoms with Crippen LogP contribution in [-0.2, 0) is 0 Å². The highest BCUT2D eigenvalue weighted by Gasteiger charge is 2.26. The average Bonchev–Trinajstić information content (AvgIpc) is 2.08. The number of pyridine rings is 1. The van der Waals surface area contributed by atoms with Crippen LogP contribution >= 0.6 is 0 Å². The van der Waals surface area contributed by atoms with Crippen LogP contribution in [0, 0.1) is 21.7 Å². The first-order valence-corrected chi connectivity index (χ1v) is 3.10. The van der Waals surface area contributed by atoms with Crippen LogP contribution in [0.15, 0.2) is 6.20 Å². The fraction of sp³-hybridized carbons (Fsp3) is 0.167. The van der Waals surface area contributed by atoms with Crippen molar-refractivity contribution in [3.63, 3.8) is 0 Å². The molecule has 0 N–H and O–H groups in total. The molecule has 0 radical (unpaired) electrons. The minimum absolute atomic E-state index is 0.515. The van der Waals surface area contributed by atoms with E-state index in [1.54, 1.807) is 0 Å². The molecule has 0 amide bonds. The quantitative estimate of drug-likeness (QED) is 0.520. The van der Waals surface area contributed by atoms with Gasteiger partial charge in [-0.25, -0.2) is 9.37 Å². The second-order valence-electron chi connectivity index (χ2n) is 2.04. The van der Waals surface area contributed by atoms with Crippen LogP contribution in [0.2, 0.25) is 0 Å². The number of hydrogen-bond acceptors (Lipinski definition) is 4. The van der Waals surface area contributed by atoms with Gasteiger partial charge in [0.05, 0.1) is 18.2 Å². The molecule has 0 aliphatic carbocycles. The molecule has 0 unspecified atom stereocenters. The molecule has 1 aromatic heterocycles. The normalized spacial score (nSPS) is 9.77. The van der Waals surface area contributed by atoms with E-state index in [1.807, 2.05) is 0 Å². The second-order valence-corrected chi connectivity index (χ2v) is 2.04. The van der Waals surface area contributed by atoms with Crippen LogP contribution in [0.5, 0.6) is 5.88 Å². The molecular weight excluding hydrogens is 186 g/mol. The molecule has 0 spiro atoms. The minimum Gasteiger partial charge on any atom is -0.476 e. The predicted octanol–water partition coefficient (Wildman–Crippen LogP) is 1.28. The molecule has 0 saturated carbocycles. The molecule has 5 nitrogen and oxygen atoms in total. The number of nitro groups is 1. The molecule has 1 rings (SSSR count). The molecule has 0 fully saturated rings. The summed E-state index contributed by atoms with van der Waals surface area (Å²) in [6.45, 7) is 0. The Bertz CT molecular complexity index is 356. The van der Waals surface area contributed by atoms with Crippen LogP contribution in [0.4, 0.5) is 14.5 Å². The Kier molecular flexibility index (Phi) is 2.36. The lowest BCUT2D eigenvalue weighted by molar-refractivity contribution is -0.389. The Hall–Kier alpha value is -1.79. The number of rotatable bonds is 2. The van der Waals surface area contributed by atoms with Gasteiger partial charge in [-0.1, -0.05) is 0 Å². The van der Waals surface area contributed by atoms with Crippen molar-refractivity contribution in [2.45, 2.75) is 0 Å². The van der Waals surface area contributed by atoms with E-state index >= 15 is 0 Å². The zero-order valence-corrected chi connectivity index (χ0v) is 6.45. The summed E-state index contributed by atoms with van der Waals surface area (Å²) in [5.41, 5.74) is -1.09. The van der Waals surface area contributed by atoms with Crippen LogP contribution in [0.3, 0.4) is 0 Å². The lowest BCUT2D eigenvalue weighted by Crippen LogP contribution is -2.01. The van der Waals surface area contributed by atoms with Crippen molar-refractivity contribution in [2.24, 2.45) is 0 Å². The van der Waals surface area contributed by atoms with E-state index in [9.17, 15) is 18.9 Å². The van der Waals surface area contributed by atoms with Gasteiger partial charge < -0.3 is 4.74 Å². The minimum atomic E-state index is -1.57. The first-order valence-electron chi connectivity index (χ1n) is 3.10. The maximum Gasteiger partial charge on any atom is 0.369 e. The van der Waals surface area contributed by atoms with E-state index in [1.165, 1.54) is 0 Å². The number of ether oxygens (including phenoxy) is 1. The van der Waals surface area contributed by atoms with Gasteiger partial charge in [0.15, 0.2) is 5.82 Å². The number of halogens is 2. The third-order valence-corrected chi connectivity index (χ3v) is 1.29. The first-order chi connectivity index (χ1) is 6.07. The molecule has 0 saturated heterocycles. The zero-order valence-electron chi connectivity index (χ0n) is 6.45. The van der Waals surface area contributed by atoms with Crippen LogP contribution < -0.4 is 4.74 Å². The molecule has 1 aromatic rings. The van der Waals surface area contributed by atoms with Crippen LogP contribution in [0.1, 0.15) is 0 Å². The summed E-state index contributed by atoms with van der Waals surface area (Å²) in [7, 11) is 1.08. The number of aromatic nitrogens is 1. The zero-order chi connectivity index (χ0) is 10.0. The standard InChI is InChI=1S/C6H4F2N2O3/c1-13-6-5(10(11)12)4(8)3(7)2-9-6/h2H,1H3. The molecule has 0 aromatic carbocycles. The molecule has 0 aliphatic heterocycles. The number of methoxy groups -OCH3 is 1. The summed E-state index contributed by atoms with van der Waals surface area (Å²) in [5.74, 6) is -3.51. The number of hydrogen-bond donors (Lipinski definition) is 0. The SMILES string of the molecule is COc1ncc(F)c(F)c1[N+](=O)[O-]. The van der Waals surface area contributed by atoms with Gasteiger partial charge in [-0.3, -0.25) is 10.1 Å². The Balaban J connectivity index is 3.41. The van der Waals surface area contributed by atoms with Gasteiger partial charge in [0.25, 0.3) is 5.88 Å². The summed E-state index contributed by atoms with van der Waals surface area (Å²) >= 11 is 0. The van der Waals surface area contributed by atoms with Gasteiger partial charge in [-0.15, -0.1) is 0 Å². The summed E-state index contributed by atoms with van der Waals surface area (Å²) in [6, 6.07) is 0. The molecule has 70 valence electrons. The van der Waals surface area contributed by atoms with Crippen molar-refractivity contribution >= 4 is 5.69 Å². The largest absolute Gasteiger partial charge is 0.476 e. The Labute approximate surface area is 71.1 Å². The van der Waals surface area contributed by atoms with Crippen molar-refractivity contribution in [1.29, 1.82) is 0 Å². The molecule has 0 atom stereocenters. The average molecular weight is 190 g/mol. The monoisotopic (exact) mass is 190 g/mol. The molecule has 0 bridgehead atoms. The highest BCUT2D eigenvalue weighted by atomic mass is 19.2. The summed E-state index contributed by atoms with van der Waals surface area (Å²) in [5, 5.41) is 10.2. The van der Waals surface area contributed by atoms with Gasteiger partial charge in [0.1, 0.15) is 0 Å². The lowest BCUT2D eigenvalue weighted by atomic mass is 10.4. The smallest absolute Gasteiger partial charge is 0.369 e.